The van der Waals surface area contributed by atoms with Crippen LogP contribution in [0.5, 0.6) is 0 Å². The Hall–Kier alpha value is -2.09. The summed E-state index contributed by atoms with van der Waals surface area (Å²) in [5.41, 5.74) is 2.03. The fourth-order valence-electron chi connectivity index (χ4n) is 4.13. The van der Waals surface area contributed by atoms with Crippen molar-refractivity contribution in [2.45, 2.75) is 30.2 Å². The van der Waals surface area contributed by atoms with Crippen LogP contribution >= 0.6 is 11.6 Å². The maximum Gasteiger partial charge on any atom is 0.322 e. The lowest BCUT2D eigenvalue weighted by Crippen LogP contribution is -2.49. The standard InChI is InChI=1S/C22H26ClN3O3S/c23-18-6-7-21-17(16-18)8-13-26(21)22(27)24-19-9-11-25(12-10-19)14-15-30(28,29)20-4-2-1-3-5-20/h1-7,16,19H,8-15H2,(H,24,27). The monoisotopic (exact) mass is 447 g/mol. The molecule has 0 unspecified atom stereocenters. The fourth-order valence-corrected chi connectivity index (χ4v) is 5.63. The quantitative estimate of drug-likeness (QED) is 0.763. The zero-order chi connectivity index (χ0) is 21.1. The van der Waals surface area contributed by atoms with Crippen LogP contribution in [0.3, 0.4) is 0 Å². The second kappa shape index (κ2) is 8.96. The van der Waals surface area contributed by atoms with Gasteiger partial charge in [-0.05, 0) is 55.2 Å². The van der Waals surface area contributed by atoms with E-state index < -0.39 is 9.84 Å². The maximum absolute atomic E-state index is 12.7. The van der Waals surface area contributed by atoms with Crippen molar-refractivity contribution in [1.82, 2.24) is 10.2 Å². The summed E-state index contributed by atoms with van der Waals surface area (Å²) in [4.78, 5) is 17.1. The van der Waals surface area contributed by atoms with Crippen LogP contribution in [-0.2, 0) is 16.3 Å². The van der Waals surface area contributed by atoms with Crippen molar-refractivity contribution in [3.05, 3.63) is 59.1 Å². The Labute approximate surface area is 182 Å². The Morgan fingerprint density at radius 1 is 1.07 bits per heavy atom. The highest BCUT2D eigenvalue weighted by Crippen LogP contribution is 2.30. The number of nitrogens with one attached hydrogen (secondary N) is 1. The highest BCUT2D eigenvalue weighted by Gasteiger charge is 2.28. The molecule has 30 heavy (non-hydrogen) atoms. The van der Waals surface area contributed by atoms with Gasteiger partial charge in [0.15, 0.2) is 9.84 Å². The number of carbonyl (C=O) groups excluding carboxylic acids is 1. The van der Waals surface area contributed by atoms with Gasteiger partial charge >= 0.3 is 6.03 Å². The molecular weight excluding hydrogens is 422 g/mol. The van der Waals surface area contributed by atoms with Gasteiger partial charge in [0.1, 0.15) is 0 Å². The predicted molar refractivity (Wildman–Crippen MR) is 119 cm³/mol. The lowest BCUT2D eigenvalue weighted by molar-refractivity contribution is 0.201. The van der Waals surface area contributed by atoms with Gasteiger partial charge in [0.05, 0.1) is 10.6 Å². The van der Waals surface area contributed by atoms with Crippen molar-refractivity contribution in [1.29, 1.82) is 0 Å². The minimum absolute atomic E-state index is 0.0684. The topological polar surface area (TPSA) is 69.7 Å². The molecule has 0 radical (unpaired) electrons. The van der Waals surface area contributed by atoms with Crippen molar-refractivity contribution in [2.75, 3.05) is 36.8 Å². The second-order valence-corrected chi connectivity index (χ2v) is 10.4. The first-order valence-corrected chi connectivity index (χ1v) is 12.3. The number of sulfone groups is 1. The van der Waals surface area contributed by atoms with E-state index in [4.69, 9.17) is 11.6 Å². The van der Waals surface area contributed by atoms with E-state index in [2.05, 4.69) is 10.2 Å². The number of hydrogen-bond acceptors (Lipinski definition) is 4. The van der Waals surface area contributed by atoms with Crippen molar-refractivity contribution in [2.24, 2.45) is 0 Å². The van der Waals surface area contributed by atoms with E-state index in [1.54, 1.807) is 29.2 Å². The molecule has 2 aliphatic heterocycles. The third-order valence-electron chi connectivity index (χ3n) is 5.88. The molecule has 2 amide bonds. The molecule has 0 bridgehead atoms. The van der Waals surface area contributed by atoms with Crippen LogP contribution < -0.4 is 10.2 Å². The van der Waals surface area contributed by atoms with E-state index >= 15 is 0 Å². The number of nitrogens with zero attached hydrogens (tertiary/aromatic N) is 2. The van der Waals surface area contributed by atoms with Crippen LogP contribution in [0.15, 0.2) is 53.4 Å². The summed E-state index contributed by atoms with van der Waals surface area (Å²) < 4.78 is 24.9. The van der Waals surface area contributed by atoms with Gasteiger partial charge in [-0.1, -0.05) is 29.8 Å². The summed E-state index contributed by atoms with van der Waals surface area (Å²) in [6.45, 7) is 2.73. The number of carbonyl (C=O) groups is 1. The van der Waals surface area contributed by atoms with Crippen LogP contribution in [0, 0.1) is 0 Å². The molecule has 1 fully saturated rings. The molecule has 0 spiro atoms. The summed E-state index contributed by atoms with van der Waals surface area (Å²) in [7, 11) is -3.26. The SMILES string of the molecule is O=C(NC1CCN(CCS(=O)(=O)c2ccccc2)CC1)N1CCc2cc(Cl)ccc21. The summed E-state index contributed by atoms with van der Waals surface area (Å²) in [6, 6.07) is 14.3. The van der Waals surface area contributed by atoms with Gasteiger partial charge in [-0.15, -0.1) is 0 Å². The lowest BCUT2D eigenvalue weighted by Gasteiger charge is -2.33. The number of halogens is 1. The normalized spacial score (nSPS) is 17.7. The molecule has 0 atom stereocenters. The number of likely N-dealkylation sites (tertiary alicyclic amines) is 1. The van der Waals surface area contributed by atoms with Gasteiger partial charge in [0.25, 0.3) is 0 Å². The molecule has 0 aromatic heterocycles. The summed E-state index contributed by atoms with van der Waals surface area (Å²) in [5, 5.41) is 3.84. The largest absolute Gasteiger partial charge is 0.335 e. The van der Waals surface area contributed by atoms with E-state index in [1.807, 2.05) is 24.3 Å². The molecule has 160 valence electrons. The van der Waals surface area contributed by atoms with E-state index in [0.717, 1.165) is 43.6 Å². The Balaban J connectivity index is 1.25. The van der Waals surface area contributed by atoms with Crippen molar-refractivity contribution < 1.29 is 13.2 Å². The average Bonchev–Trinajstić information content (AvgIpc) is 3.17. The Morgan fingerprint density at radius 2 is 1.80 bits per heavy atom. The first-order chi connectivity index (χ1) is 14.4. The van der Waals surface area contributed by atoms with E-state index in [0.29, 0.717) is 23.0 Å². The zero-order valence-electron chi connectivity index (χ0n) is 16.8. The van der Waals surface area contributed by atoms with E-state index in [9.17, 15) is 13.2 Å². The smallest absolute Gasteiger partial charge is 0.322 e. The predicted octanol–water partition coefficient (Wildman–Crippen LogP) is 3.35. The zero-order valence-corrected chi connectivity index (χ0v) is 18.3. The van der Waals surface area contributed by atoms with Gasteiger partial charge in [0, 0.05) is 42.9 Å². The molecule has 1 saturated heterocycles. The second-order valence-electron chi connectivity index (χ2n) is 7.87. The molecule has 2 aromatic rings. The minimum Gasteiger partial charge on any atom is -0.335 e. The van der Waals surface area contributed by atoms with Crippen molar-refractivity contribution in [3.63, 3.8) is 0 Å². The van der Waals surface area contributed by atoms with Gasteiger partial charge < -0.3 is 10.2 Å². The molecular formula is C22H26ClN3O3S. The van der Waals surface area contributed by atoms with Crippen molar-refractivity contribution in [3.8, 4) is 0 Å². The molecule has 8 heteroatoms. The third-order valence-corrected chi connectivity index (χ3v) is 7.82. The average molecular weight is 448 g/mol. The first kappa shape index (κ1) is 21.2. The molecule has 2 heterocycles. The maximum atomic E-state index is 12.7. The van der Waals surface area contributed by atoms with Gasteiger partial charge in [-0.3, -0.25) is 4.90 Å². The highest BCUT2D eigenvalue weighted by molar-refractivity contribution is 7.91. The van der Waals surface area contributed by atoms with Crippen molar-refractivity contribution >= 4 is 33.2 Å². The molecule has 2 aliphatic rings. The number of fused-ring (bicyclic) bond motifs is 1. The van der Waals surface area contributed by atoms with Gasteiger partial charge in [-0.25, -0.2) is 13.2 Å². The number of benzene rings is 2. The summed E-state index contributed by atoms with van der Waals surface area (Å²) >= 11 is 6.05. The first-order valence-electron chi connectivity index (χ1n) is 10.3. The van der Waals surface area contributed by atoms with Crippen LogP contribution in [0.25, 0.3) is 0 Å². The Morgan fingerprint density at radius 3 is 2.53 bits per heavy atom. The number of anilines is 1. The highest BCUT2D eigenvalue weighted by atomic mass is 35.5. The van der Waals surface area contributed by atoms with Gasteiger partial charge in [-0.2, -0.15) is 0 Å². The molecule has 2 aromatic carbocycles. The van der Waals surface area contributed by atoms with Crippen LogP contribution in [0.2, 0.25) is 5.02 Å². The number of piperidine rings is 1. The number of hydrogen-bond donors (Lipinski definition) is 1. The number of urea groups is 1. The van der Waals surface area contributed by atoms with E-state index in [1.165, 1.54) is 0 Å². The molecule has 0 aliphatic carbocycles. The summed E-state index contributed by atoms with van der Waals surface area (Å²) in [6.07, 6.45) is 2.45. The summed E-state index contributed by atoms with van der Waals surface area (Å²) in [5.74, 6) is 0.112. The number of rotatable bonds is 5. The van der Waals surface area contributed by atoms with Crippen LogP contribution in [0.1, 0.15) is 18.4 Å². The minimum atomic E-state index is -3.26. The lowest BCUT2D eigenvalue weighted by atomic mass is 10.1. The van der Waals surface area contributed by atoms with Crippen LogP contribution in [0.4, 0.5) is 10.5 Å². The van der Waals surface area contributed by atoms with Gasteiger partial charge in [0.2, 0.25) is 0 Å². The van der Waals surface area contributed by atoms with E-state index in [-0.39, 0.29) is 17.8 Å². The Bertz CT molecular complexity index is 1010. The molecule has 6 nitrogen and oxygen atoms in total. The third kappa shape index (κ3) is 4.79. The Kier molecular flexibility index (Phi) is 6.32. The molecule has 4 rings (SSSR count). The fraction of sp³-hybridized carbons (Fsp3) is 0.409. The number of amides is 2. The molecule has 1 N–H and O–H groups in total. The van der Waals surface area contributed by atoms with Crippen LogP contribution in [-0.4, -0.2) is 57.3 Å². The molecule has 0 saturated carbocycles.